The molecular formula is C35H33N3O7S2. The Balaban J connectivity index is 1.25. The molecule has 10 nitrogen and oxygen atoms in total. The van der Waals surface area contributed by atoms with Crippen LogP contribution < -0.4 is 4.74 Å². The maximum absolute atomic E-state index is 13.4. The molecule has 6 rings (SSSR count). The zero-order chi connectivity index (χ0) is 33.1. The van der Waals surface area contributed by atoms with E-state index in [0.29, 0.717) is 58.7 Å². The van der Waals surface area contributed by atoms with Gasteiger partial charge in [0.15, 0.2) is 0 Å². The molecule has 2 aliphatic heterocycles. The van der Waals surface area contributed by atoms with Crippen molar-refractivity contribution in [2.45, 2.75) is 13.3 Å². The predicted octanol–water partition coefficient (Wildman–Crippen LogP) is 5.53. The maximum Gasteiger partial charge on any atom is 0.335 e. The lowest BCUT2D eigenvalue weighted by Gasteiger charge is -2.26. The fourth-order valence-electron chi connectivity index (χ4n) is 5.64. The molecule has 0 saturated carbocycles. The van der Waals surface area contributed by atoms with Gasteiger partial charge in [-0.05, 0) is 65.6 Å². The number of aromatic nitrogens is 1. The minimum absolute atomic E-state index is 0.00416. The number of thioether (sulfide) groups is 1. The van der Waals surface area contributed by atoms with Crippen molar-refractivity contribution < 1.29 is 34.1 Å². The number of carbonyl (C=O) groups is 3. The van der Waals surface area contributed by atoms with Crippen LogP contribution in [0.2, 0.25) is 0 Å². The van der Waals surface area contributed by atoms with Crippen molar-refractivity contribution in [2.24, 2.45) is 0 Å². The van der Waals surface area contributed by atoms with Crippen LogP contribution in [0.15, 0.2) is 71.8 Å². The van der Waals surface area contributed by atoms with Gasteiger partial charge in [-0.15, -0.1) is 0 Å². The number of hydrogen-bond acceptors (Lipinski definition) is 9. The van der Waals surface area contributed by atoms with Gasteiger partial charge in [0.05, 0.1) is 35.4 Å². The topological polar surface area (TPSA) is 122 Å². The van der Waals surface area contributed by atoms with Crippen LogP contribution >= 0.6 is 24.0 Å². The second-order valence-electron chi connectivity index (χ2n) is 11.3. The number of carboxylic acids is 1. The highest BCUT2D eigenvalue weighted by molar-refractivity contribution is 8.26. The molecule has 3 aromatic carbocycles. The Labute approximate surface area is 281 Å². The Hall–Kier alpha value is -4.49. The Morgan fingerprint density at radius 1 is 1.04 bits per heavy atom. The number of nitrogens with zero attached hydrogens (tertiary/aromatic N) is 3. The molecule has 2 aliphatic rings. The van der Waals surface area contributed by atoms with Crippen LogP contribution in [0.5, 0.6) is 11.5 Å². The highest BCUT2D eigenvalue weighted by Gasteiger charge is 2.31. The molecule has 12 heteroatoms. The molecule has 4 aromatic rings. The number of benzene rings is 3. The molecule has 2 N–H and O–H groups in total. The minimum Gasteiger partial charge on any atom is -0.506 e. The smallest absolute Gasteiger partial charge is 0.335 e. The summed E-state index contributed by atoms with van der Waals surface area (Å²) in [7, 11) is 0. The molecule has 242 valence electrons. The molecule has 0 unspecified atom stereocenters. The van der Waals surface area contributed by atoms with Gasteiger partial charge in [-0.25, -0.2) is 4.79 Å². The highest BCUT2D eigenvalue weighted by atomic mass is 32.2. The van der Waals surface area contributed by atoms with Crippen LogP contribution in [0.4, 0.5) is 0 Å². The van der Waals surface area contributed by atoms with E-state index in [1.165, 1.54) is 29.4 Å². The van der Waals surface area contributed by atoms with Gasteiger partial charge in [0.25, 0.3) is 5.91 Å². The van der Waals surface area contributed by atoms with E-state index >= 15 is 0 Å². The quantitative estimate of drug-likeness (QED) is 0.165. The average Bonchev–Trinajstić information content (AvgIpc) is 3.54. The summed E-state index contributed by atoms with van der Waals surface area (Å²) in [6, 6.07) is 17.8. The predicted molar refractivity (Wildman–Crippen MR) is 185 cm³/mol. The number of aromatic carboxylic acids is 1. The minimum atomic E-state index is -0.986. The molecule has 3 heterocycles. The molecule has 1 aromatic heterocycles. The van der Waals surface area contributed by atoms with E-state index in [1.807, 2.05) is 36.4 Å². The molecule has 0 bridgehead atoms. The SMILES string of the molecule is CC(=O)n1cc(O)c2cc(-c3cc(C=C4SC(=S)N(CCc5ccc(C(=O)O)cc5)C4=O)ccc3OCCN3CCOCC3)ccc21. The zero-order valence-corrected chi connectivity index (χ0v) is 27.3. The first-order chi connectivity index (χ1) is 22.7. The lowest BCUT2D eigenvalue weighted by molar-refractivity contribution is -0.122. The number of hydrogen-bond donors (Lipinski definition) is 2. The fourth-order valence-corrected chi connectivity index (χ4v) is 6.95. The van der Waals surface area contributed by atoms with Crippen molar-refractivity contribution in [3.63, 3.8) is 0 Å². The first-order valence-electron chi connectivity index (χ1n) is 15.2. The van der Waals surface area contributed by atoms with Crippen molar-refractivity contribution in [3.8, 4) is 22.6 Å². The Morgan fingerprint density at radius 3 is 2.53 bits per heavy atom. The Morgan fingerprint density at radius 2 is 1.81 bits per heavy atom. The number of fused-ring (bicyclic) bond motifs is 1. The molecule has 0 radical (unpaired) electrons. The number of ether oxygens (including phenoxy) is 2. The third-order valence-electron chi connectivity index (χ3n) is 8.20. The largest absolute Gasteiger partial charge is 0.506 e. The standard InChI is InChI=1S/C35H33N3O7S2/c1-22(39)38-21-30(40)28-20-26(7-8-29(28)38)27-18-24(4-9-31(27)45-17-14-36-12-15-44-16-13-36)19-32-33(41)37(35(46)47-32)11-10-23-2-5-25(6-3-23)34(42)43/h2-9,18-21,40H,10-17H2,1H3,(H,42,43). The van der Waals surface area contributed by atoms with Gasteiger partial charge in [0, 0.05) is 44.1 Å². The fraction of sp³-hybridized carbons (Fsp3) is 0.257. The van der Waals surface area contributed by atoms with Crippen molar-refractivity contribution >= 4 is 63.1 Å². The van der Waals surface area contributed by atoms with Gasteiger partial charge in [-0.2, -0.15) is 0 Å². The number of rotatable bonds is 10. The number of carbonyl (C=O) groups excluding carboxylic acids is 2. The van der Waals surface area contributed by atoms with Crippen molar-refractivity contribution in [1.29, 1.82) is 0 Å². The first-order valence-corrected chi connectivity index (χ1v) is 16.4. The lowest BCUT2D eigenvalue weighted by atomic mass is 10.00. The highest BCUT2D eigenvalue weighted by Crippen LogP contribution is 2.38. The average molecular weight is 672 g/mol. The Bertz CT molecular complexity index is 1900. The van der Waals surface area contributed by atoms with Crippen molar-refractivity contribution in [2.75, 3.05) is 46.0 Å². The molecule has 0 spiro atoms. The van der Waals surface area contributed by atoms with Gasteiger partial charge in [0.1, 0.15) is 22.4 Å². The van der Waals surface area contributed by atoms with Crippen molar-refractivity contribution in [3.05, 3.63) is 88.5 Å². The maximum atomic E-state index is 13.4. The normalized spacial score (nSPS) is 16.4. The summed E-state index contributed by atoms with van der Waals surface area (Å²) in [6.07, 6.45) is 3.76. The lowest BCUT2D eigenvalue weighted by Crippen LogP contribution is -2.38. The van der Waals surface area contributed by atoms with E-state index in [4.69, 9.17) is 26.8 Å². The Kier molecular flexibility index (Phi) is 9.73. The van der Waals surface area contributed by atoms with Gasteiger partial charge < -0.3 is 19.7 Å². The summed E-state index contributed by atoms with van der Waals surface area (Å²) >= 11 is 6.79. The summed E-state index contributed by atoms with van der Waals surface area (Å²) in [5.74, 6) is -0.719. The number of carboxylic acid groups (broad SMARTS) is 1. The van der Waals surface area contributed by atoms with Gasteiger partial charge >= 0.3 is 5.97 Å². The molecule has 2 saturated heterocycles. The van der Waals surface area contributed by atoms with Crippen LogP contribution in [0.3, 0.4) is 0 Å². The number of morpholine rings is 1. The van der Waals surface area contributed by atoms with E-state index in [2.05, 4.69) is 4.90 Å². The summed E-state index contributed by atoms with van der Waals surface area (Å²) in [5.41, 5.74) is 4.05. The van der Waals surface area contributed by atoms with Crippen LogP contribution in [-0.4, -0.2) is 92.7 Å². The molecule has 47 heavy (non-hydrogen) atoms. The second kappa shape index (κ2) is 14.1. The van der Waals surface area contributed by atoms with E-state index in [1.54, 1.807) is 35.2 Å². The van der Waals surface area contributed by atoms with Crippen LogP contribution in [-0.2, 0) is 16.0 Å². The van der Waals surface area contributed by atoms with Crippen LogP contribution in [0.25, 0.3) is 28.1 Å². The van der Waals surface area contributed by atoms with Crippen LogP contribution in [0, 0.1) is 0 Å². The number of thiocarbonyl (C=S) groups is 1. The third kappa shape index (κ3) is 7.25. The molecule has 2 fully saturated rings. The van der Waals surface area contributed by atoms with E-state index in [9.17, 15) is 19.5 Å². The molecule has 0 aliphatic carbocycles. The third-order valence-corrected chi connectivity index (χ3v) is 9.58. The monoisotopic (exact) mass is 671 g/mol. The number of amides is 1. The number of aromatic hydroxyl groups is 1. The van der Waals surface area contributed by atoms with E-state index in [-0.39, 0.29) is 23.1 Å². The van der Waals surface area contributed by atoms with Gasteiger partial charge in [-0.3, -0.25) is 24.0 Å². The van der Waals surface area contributed by atoms with Crippen LogP contribution in [0.1, 0.15) is 33.2 Å². The first kappa shape index (κ1) is 32.5. The van der Waals surface area contributed by atoms with E-state index < -0.39 is 5.97 Å². The van der Waals surface area contributed by atoms with Crippen molar-refractivity contribution in [1.82, 2.24) is 14.4 Å². The molecule has 1 amide bonds. The van der Waals surface area contributed by atoms with Gasteiger partial charge in [0.2, 0.25) is 5.91 Å². The summed E-state index contributed by atoms with van der Waals surface area (Å²) in [5, 5.41) is 20.3. The summed E-state index contributed by atoms with van der Waals surface area (Å²) in [6.45, 7) is 6.15. The summed E-state index contributed by atoms with van der Waals surface area (Å²) in [4.78, 5) is 41.0. The second-order valence-corrected chi connectivity index (χ2v) is 13.0. The molecule has 0 atom stereocenters. The zero-order valence-electron chi connectivity index (χ0n) is 25.7. The van der Waals surface area contributed by atoms with E-state index in [0.717, 1.165) is 41.9 Å². The summed E-state index contributed by atoms with van der Waals surface area (Å²) < 4.78 is 13.6. The van der Waals surface area contributed by atoms with Gasteiger partial charge in [-0.1, -0.05) is 48.2 Å². The molecular weight excluding hydrogens is 639 g/mol.